The molecule has 2 aromatic carbocycles. The van der Waals surface area contributed by atoms with E-state index in [1.807, 2.05) is 56.3 Å². The monoisotopic (exact) mass is 331 g/mol. The number of aryl methyl sites for hydroxylation is 2. The van der Waals surface area contributed by atoms with Crippen molar-refractivity contribution < 1.29 is 9.53 Å². The Morgan fingerprint density at radius 3 is 2.80 bits per heavy atom. The van der Waals surface area contributed by atoms with Crippen LogP contribution in [0.4, 0.5) is 0 Å². The van der Waals surface area contributed by atoms with Gasteiger partial charge in [-0.3, -0.25) is 4.79 Å². The molecule has 0 saturated heterocycles. The fourth-order valence-electron chi connectivity index (χ4n) is 3.10. The molecule has 0 fully saturated rings. The van der Waals surface area contributed by atoms with Crippen LogP contribution in [0.2, 0.25) is 0 Å². The predicted octanol–water partition coefficient (Wildman–Crippen LogP) is 3.99. The average Bonchev–Trinajstić information content (AvgIpc) is 2.95. The summed E-state index contributed by atoms with van der Waals surface area (Å²) in [6.45, 7) is 3.83. The van der Waals surface area contributed by atoms with Gasteiger partial charge in [-0.15, -0.1) is 0 Å². The molecule has 0 spiro atoms. The number of nitrogens with one attached hydrogen (secondary N) is 1. The molecule has 0 atom stereocenters. The fraction of sp³-hybridized carbons (Fsp3) is 0.150. The molecule has 0 bridgehead atoms. The topological polar surface area (TPSA) is 67.9 Å². The van der Waals surface area contributed by atoms with Gasteiger partial charge in [-0.1, -0.05) is 29.8 Å². The average molecular weight is 331 g/mol. The highest BCUT2D eigenvalue weighted by Gasteiger charge is 2.17. The summed E-state index contributed by atoms with van der Waals surface area (Å²) in [5.74, 6) is 0.355. The molecule has 1 N–H and O–H groups in total. The van der Waals surface area contributed by atoms with Gasteiger partial charge in [0.1, 0.15) is 6.33 Å². The Hall–Kier alpha value is -3.21. The molecule has 25 heavy (non-hydrogen) atoms. The number of fused-ring (bicyclic) bond motifs is 2. The third-order valence-electron chi connectivity index (χ3n) is 4.27. The number of rotatable bonds is 4. The summed E-state index contributed by atoms with van der Waals surface area (Å²) in [6, 6.07) is 13.6. The van der Waals surface area contributed by atoms with Gasteiger partial charge in [0.15, 0.2) is 6.61 Å². The summed E-state index contributed by atoms with van der Waals surface area (Å²) in [7, 11) is 0. The van der Waals surface area contributed by atoms with Crippen LogP contribution in [0.3, 0.4) is 0 Å². The number of hydrogen-bond donors (Lipinski definition) is 1. The lowest BCUT2D eigenvalue weighted by atomic mass is 10.1. The normalized spacial score (nSPS) is 11.1. The Morgan fingerprint density at radius 2 is 1.92 bits per heavy atom. The lowest BCUT2D eigenvalue weighted by molar-refractivity contribution is 0.0920. The summed E-state index contributed by atoms with van der Waals surface area (Å²) in [4.78, 5) is 24.4. The second kappa shape index (κ2) is 6.02. The van der Waals surface area contributed by atoms with E-state index in [0.717, 1.165) is 33.1 Å². The zero-order valence-electron chi connectivity index (χ0n) is 14.0. The van der Waals surface area contributed by atoms with E-state index in [-0.39, 0.29) is 12.4 Å². The Labute approximate surface area is 144 Å². The molecule has 0 aliphatic heterocycles. The highest BCUT2D eigenvalue weighted by atomic mass is 16.5. The van der Waals surface area contributed by atoms with E-state index < -0.39 is 0 Å². The summed E-state index contributed by atoms with van der Waals surface area (Å²) in [6.07, 6.45) is 1.45. The lowest BCUT2D eigenvalue weighted by Gasteiger charge is -2.08. The molecule has 0 saturated carbocycles. The van der Waals surface area contributed by atoms with Crippen molar-refractivity contribution in [1.82, 2.24) is 15.0 Å². The van der Waals surface area contributed by atoms with Crippen LogP contribution in [0.1, 0.15) is 21.6 Å². The van der Waals surface area contributed by atoms with E-state index >= 15 is 0 Å². The van der Waals surface area contributed by atoms with Gasteiger partial charge in [0.05, 0.1) is 10.9 Å². The SMILES string of the molecule is Cc1ccc2ncnc(OCC(=O)c3c(C)[nH]c4ccccc34)c2c1. The number of H-pyrrole nitrogens is 1. The van der Waals surface area contributed by atoms with Gasteiger partial charge in [-0.2, -0.15) is 0 Å². The quantitative estimate of drug-likeness (QED) is 0.574. The lowest BCUT2D eigenvalue weighted by Crippen LogP contribution is -2.13. The van der Waals surface area contributed by atoms with Gasteiger partial charge in [-0.25, -0.2) is 9.97 Å². The van der Waals surface area contributed by atoms with Crippen molar-refractivity contribution >= 4 is 27.6 Å². The summed E-state index contributed by atoms with van der Waals surface area (Å²) in [5.41, 5.74) is 4.35. The Kier molecular flexibility index (Phi) is 3.69. The van der Waals surface area contributed by atoms with Crippen molar-refractivity contribution in [2.24, 2.45) is 0 Å². The first kappa shape index (κ1) is 15.3. The van der Waals surface area contributed by atoms with E-state index in [9.17, 15) is 4.79 Å². The smallest absolute Gasteiger partial charge is 0.224 e. The third-order valence-corrected chi connectivity index (χ3v) is 4.27. The van der Waals surface area contributed by atoms with E-state index in [2.05, 4.69) is 15.0 Å². The Bertz CT molecular complexity index is 1100. The maximum atomic E-state index is 12.7. The minimum absolute atomic E-state index is 0.0667. The number of aromatic nitrogens is 3. The summed E-state index contributed by atoms with van der Waals surface area (Å²) in [5, 5.41) is 1.72. The summed E-state index contributed by atoms with van der Waals surface area (Å²) >= 11 is 0. The standard InChI is InChI=1S/C20H17N3O2/c1-12-7-8-16-15(9-12)20(22-11-21-16)25-10-18(24)19-13(2)23-17-6-4-3-5-14(17)19/h3-9,11,23H,10H2,1-2H3. The van der Waals surface area contributed by atoms with Crippen LogP contribution in [0.15, 0.2) is 48.8 Å². The van der Waals surface area contributed by atoms with Crippen molar-refractivity contribution in [3.63, 3.8) is 0 Å². The van der Waals surface area contributed by atoms with Crippen molar-refractivity contribution in [2.75, 3.05) is 6.61 Å². The van der Waals surface area contributed by atoms with Gasteiger partial charge in [0, 0.05) is 22.2 Å². The number of carbonyl (C=O) groups excluding carboxylic acids is 1. The number of para-hydroxylation sites is 1. The molecule has 124 valence electrons. The number of benzene rings is 2. The molecule has 0 amide bonds. The van der Waals surface area contributed by atoms with Crippen molar-refractivity contribution in [2.45, 2.75) is 13.8 Å². The van der Waals surface area contributed by atoms with Crippen molar-refractivity contribution in [1.29, 1.82) is 0 Å². The molecule has 0 unspecified atom stereocenters. The molecular weight excluding hydrogens is 314 g/mol. The first-order valence-electron chi connectivity index (χ1n) is 8.08. The molecule has 2 aromatic heterocycles. The number of hydrogen-bond acceptors (Lipinski definition) is 4. The van der Waals surface area contributed by atoms with Gasteiger partial charge >= 0.3 is 0 Å². The van der Waals surface area contributed by atoms with Gasteiger partial charge < -0.3 is 9.72 Å². The Balaban J connectivity index is 1.64. The van der Waals surface area contributed by atoms with Crippen LogP contribution >= 0.6 is 0 Å². The number of ketones is 1. The van der Waals surface area contributed by atoms with Crippen LogP contribution in [-0.2, 0) is 0 Å². The second-order valence-electron chi connectivity index (χ2n) is 6.08. The minimum atomic E-state index is -0.0747. The first-order valence-corrected chi connectivity index (χ1v) is 8.08. The number of ether oxygens (including phenoxy) is 1. The van der Waals surface area contributed by atoms with Crippen molar-refractivity contribution in [3.05, 3.63) is 65.6 Å². The maximum absolute atomic E-state index is 12.7. The van der Waals surface area contributed by atoms with Crippen LogP contribution in [-0.4, -0.2) is 27.3 Å². The number of carbonyl (C=O) groups is 1. The highest BCUT2D eigenvalue weighted by Crippen LogP contribution is 2.25. The van der Waals surface area contributed by atoms with Crippen LogP contribution < -0.4 is 4.74 Å². The van der Waals surface area contributed by atoms with Gasteiger partial charge in [0.25, 0.3) is 0 Å². The number of Topliss-reactive ketones (excluding diaryl/α,β-unsaturated/α-hetero) is 1. The van der Waals surface area contributed by atoms with Crippen LogP contribution in [0.5, 0.6) is 5.88 Å². The molecule has 0 radical (unpaired) electrons. The minimum Gasteiger partial charge on any atom is -0.469 e. The second-order valence-corrected chi connectivity index (χ2v) is 6.08. The van der Waals surface area contributed by atoms with E-state index in [4.69, 9.17) is 4.74 Å². The molecule has 5 heteroatoms. The van der Waals surface area contributed by atoms with Gasteiger partial charge in [0.2, 0.25) is 11.7 Å². The first-order chi connectivity index (χ1) is 12.1. The van der Waals surface area contributed by atoms with Crippen molar-refractivity contribution in [3.8, 4) is 5.88 Å². The molecule has 4 aromatic rings. The molecule has 5 nitrogen and oxygen atoms in total. The molecular formula is C20H17N3O2. The third kappa shape index (κ3) is 2.74. The van der Waals surface area contributed by atoms with E-state index in [1.54, 1.807) is 0 Å². The van der Waals surface area contributed by atoms with E-state index in [1.165, 1.54) is 6.33 Å². The molecule has 2 heterocycles. The highest BCUT2D eigenvalue weighted by molar-refractivity contribution is 6.10. The maximum Gasteiger partial charge on any atom is 0.224 e. The van der Waals surface area contributed by atoms with E-state index in [0.29, 0.717) is 11.4 Å². The van der Waals surface area contributed by atoms with Crippen LogP contribution in [0, 0.1) is 13.8 Å². The molecule has 0 aliphatic carbocycles. The fourth-order valence-corrected chi connectivity index (χ4v) is 3.10. The Morgan fingerprint density at radius 1 is 1.08 bits per heavy atom. The van der Waals surface area contributed by atoms with Gasteiger partial charge in [-0.05, 0) is 32.0 Å². The predicted molar refractivity (Wildman–Crippen MR) is 97.1 cm³/mol. The molecule has 0 aliphatic rings. The summed E-state index contributed by atoms with van der Waals surface area (Å²) < 4.78 is 5.75. The number of nitrogens with zero attached hydrogens (tertiary/aromatic N) is 2. The number of aromatic amines is 1. The van der Waals surface area contributed by atoms with Crippen LogP contribution in [0.25, 0.3) is 21.8 Å². The molecule has 4 rings (SSSR count). The zero-order valence-corrected chi connectivity index (χ0v) is 14.0. The zero-order chi connectivity index (χ0) is 17.4. The largest absolute Gasteiger partial charge is 0.469 e.